The van der Waals surface area contributed by atoms with Crippen LogP contribution in [0.25, 0.3) is 0 Å². The van der Waals surface area contributed by atoms with Gasteiger partial charge in [-0.1, -0.05) is 6.07 Å². The van der Waals surface area contributed by atoms with Gasteiger partial charge < -0.3 is 29.6 Å². The number of carbonyl (C=O) groups excluding carboxylic acids is 6. The second kappa shape index (κ2) is 12.5. The molecule has 40 heavy (non-hydrogen) atoms. The van der Waals surface area contributed by atoms with Gasteiger partial charge in [-0.15, -0.1) is 22.7 Å². The Morgan fingerprint density at radius 2 is 0.950 bits per heavy atom. The standard InChI is InChI=1S/C26H24N2O10S2/c1-11-15(23(31)35-3)21(39-17(11)25(33)37-5)27-19(29)13-8-7-9-14(10-13)20(30)28-22-16(24(32)36-4)12(2)18(40-22)26(34)38-6/h7-10H,1-6H3,(H,27,29)(H,28,30). The molecule has 0 radical (unpaired) electrons. The minimum absolute atomic E-state index is 0.0000345. The maximum atomic E-state index is 13.1. The zero-order valence-corrected chi connectivity index (χ0v) is 23.8. The van der Waals surface area contributed by atoms with Crippen molar-refractivity contribution in [3.05, 3.63) is 67.4 Å². The van der Waals surface area contributed by atoms with Gasteiger partial charge in [0, 0.05) is 11.1 Å². The van der Waals surface area contributed by atoms with Crippen molar-refractivity contribution in [2.45, 2.75) is 13.8 Å². The quantitative estimate of drug-likeness (QED) is 0.289. The summed E-state index contributed by atoms with van der Waals surface area (Å²) in [5.74, 6) is -4.23. The summed E-state index contributed by atoms with van der Waals surface area (Å²) >= 11 is 1.69. The number of methoxy groups -OCH3 is 4. The highest BCUT2D eigenvalue weighted by molar-refractivity contribution is 7.19. The van der Waals surface area contributed by atoms with E-state index in [-0.39, 0.29) is 53.1 Å². The lowest BCUT2D eigenvalue weighted by Crippen LogP contribution is -2.17. The molecule has 210 valence electrons. The number of nitrogens with one attached hydrogen (secondary N) is 2. The number of amides is 2. The number of ether oxygens (including phenoxy) is 4. The van der Waals surface area contributed by atoms with Crippen LogP contribution in [0.4, 0.5) is 10.0 Å². The molecular weight excluding hydrogens is 564 g/mol. The number of benzene rings is 1. The predicted molar refractivity (Wildman–Crippen MR) is 146 cm³/mol. The zero-order chi connectivity index (χ0) is 29.7. The second-order valence-corrected chi connectivity index (χ2v) is 10.0. The van der Waals surface area contributed by atoms with E-state index < -0.39 is 35.7 Å². The van der Waals surface area contributed by atoms with Gasteiger partial charge in [-0.2, -0.15) is 0 Å². The smallest absolute Gasteiger partial charge is 0.348 e. The Morgan fingerprint density at radius 3 is 1.27 bits per heavy atom. The van der Waals surface area contributed by atoms with Crippen LogP contribution in [0.1, 0.15) is 71.9 Å². The number of thiophene rings is 2. The van der Waals surface area contributed by atoms with Crippen molar-refractivity contribution >= 4 is 68.4 Å². The number of esters is 4. The molecule has 0 aliphatic carbocycles. The van der Waals surface area contributed by atoms with Gasteiger partial charge in [0.1, 0.15) is 19.8 Å². The van der Waals surface area contributed by atoms with E-state index in [9.17, 15) is 28.8 Å². The molecule has 0 atom stereocenters. The summed E-state index contributed by atoms with van der Waals surface area (Å²) in [5.41, 5.74) is 0.678. The van der Waals surface area contributed by atoms with E-state index in [1.54, 1.807) is 0 Å². The first-order valence-electron chi connectivity index (χ1n) is 11.3. The third-order valence-electron chi connectivity index (χ3n) is 5.66. The van der Waals surface area contributed by atoms with Crippen LogP contribution in [0, 0.1) is 13.8 Å². The van der Waals surface area contributed by atoms with Gasteiger partial charge in [-0.3, -0.25) is 9.59 Å². The maximum absolute atomic E-state index is 13.1. The van der Waals surface area contributed by atoms with Crippen LogP contribution < -0.4 is 10.6 Å². The lowest BCUT2D eigenvalue weighted by molar-refractivity contribution is 0.0585. The minimum atomic E-state index is -0.758. The molecule has 0 saturated carbocycles. The largest absolute Gasteiger partial charge is 0.465 e. The van der Waals surface area contributed by atoms with Crippen molar-refractivity contribution in [2.75, 3.05) is 39.1 Å². The summed E-state index contributed by atoms with van der Waals surface area (Å²) in [6.45, 7) is 3.05. The maximum Gasteiger partial charge on any atom is 0.348 e. The molecule has 0 bridgehead atoms. The number of anilines is 2. The molecule has 2 aromatic heterocycles. The van der Waals surface area contributed by atoms with Crippen molar-refractivity contribution in [2.24, 2.45) is 0 Å². The highest BCUT2D eigenvalue weighted by Gasteiger charge is 2.29. The van der Waals surface area contributed by atoms with Gasteiger partial charge in [0.25, 0.3) is 11.8 Å². The van der Waals surface area contributed by atoms with E-state index in [0.717, 1.165) is 22.7 Å². The number of hydrogen-bond acceptors (Lipinski definition) is 12. The highest BCUT2D eigenvalue weighted by atomic mass is 32.1. The molecule has 0 fully saturated rings. The van der Waals surface area contributed by atoms with Crippen molar-refractivity contribution in [1.29, 1.82) is 0 Å². The lowest BCUT2D eigenvalue weighted by Gasteiger charge is -2.09. The number of carbonyl (C=O) groups is 6. The second-order valence-electron chi connectivity index (χ2n) is 7.98. The summed E-state index contributed by atoms with van der Waals surface area (Å²) in [7, 11) is 4.71. The normalized spacial score (nSPS) is 10.3. The van der Waals surface area contributed by atoms with Crippen LogP contribution in [0.5, 0.6) is 0 Å². The molecule has 3 aromatic rings. The molecule has 1 aromatic carbocycles. The minimum Gasteiger partial charge on any atom is -0.465 e. The Morgan fingerprint density at radius 1 is 0.600 bits per heavy atom. The molecule has 12 nitrogen and oxygen atoms in total. The third kappa shape index (κ3) is 5.87. The van der Waals surface area contributed by atoms with Gasteiger partial charge in [0.15, 0.2) is 0 Å². The van der Waals surface area contributed by atoms with Gasteiger partial charge in [0.05, 0.1) is 39.6 Å². The summed E-state index contributed by atoms with van der Waals surface area (Å²) in [6, 6.07) is 5.64. The molecular formula is C26H24N2O10S2. The molecule has 2 heterocycles. The number of hydrogen-bond donors (Lipinski definition) is 2. The van der Waals surface area contributed by atoms with Gasteiger partial charge in [-0.05, 0) is 43.2 Å². The van der Waals surface area contributed by atoms with Crippen LogP contribution in [-0.2, 0) is 18.9 Å². The van der Waals surface area contributed by atoms with Crippen LogP contribution in [-0.4, -0.2) is 64.1 Å². The Labute approximate surface area is 236 Å². The lowest BCUT2D eigenvalue weighted by atomic mass is 10.1. The SMILES string of the molecule is COC(=O)c1sc(NC(=O)c2cccc(C(=O)Nc3sc(C(=O)OC)c(C)c3C(=O)OC)c2)c(C(=O)OC)c1C. The Kier molecular flexibility index (Phi) is 9.39. The topological polar surface area (TPSA) is 163 Å². The first-order chi connectivity index (χ1) is 19.0. The van der Waals surface area contributed by atoms with Crippen LogP contribution in [0.3, 0.4) is 0 Å². The monoisotopic (exact) mass is 588 g/mol. The van der Waals surface area contributed by atoms with Gasteiger partial charge in [0.2, 0.25) is 0 Å². The molecule has 2 amide bonds. The average molecular weight is 589 g/mol. The summed E-state index contributed by atoms with van der Waals surface area (Å²) < 4.78 is 19.1. The molecule has 0 unspecified atom stereocenters. The number of rotatable bonds is 8. The van der Waals surface area contributed by atoms with E-state index in [2.05, 4.69) is 10.6 Å². The van der Waals surface area contributed by atoms with Crippen molar-refractivity contribution in [3.8, 4) is 0 Å². The average Bonchev–Trinajstić information content (AvgIpc) is 3.46. The van der Waals surface area contributed by atoms with Crippen molar-refractivity contribution < 1.29 is 47.7 Å². The molecule has 3 rings (SSSR count). The van der Waals surface area contributed by atoms with E-state index in [0.29, 0.717) is 0 Å². The van der Waals surface area contributed by atoms with Crippen LogP contribution in [0.2, 0.25) is 0 Å². The molecule has 0 aliphatic heterocycles. The first-order valence-corrected chi connectivity index (χ1v) is 12.9. The highest BCUT2D eigenvalue weighted by Crippen LogP contribution is 2.36. The van der Waals surface area contributed by atoms with Crippen molar-refractivity contribution in [3.63, 3.8) is 0 Å². The Hall–Kier alpha value is -4.56. The molecule has 0 saturated heterocycles. The third-order valence-corrected chi connectivity index (χ3v) is 8.03. The van der Waals surface area contributed by atoms with E-state index >= 15 is 0 Å². The first kappa shape index (κ1) is 30.0. The molecule has 14 heteroatoms. The zero-order valence-electron chi connectivity index (χ0n) is 22.2. The summed E-state index contributed by atoms with van der Waals surface area (Å²) in [4.78, 5) is 75.4. The molecule has 0 aliphatic rings. The van der Waals surface area contributed by atoms with Crippen molar-refractivity contribution in [1.82, 2.24) is 0 Å². The fraction of sp³-hybridized carbons (Fsp3) is 0.231. The molecule has 0 spiro atoms. The summed E-state index contributed by atoms with van der Waals surface area (Å²) in [5, 5.41) is 5.31. The van der Waals surface area contributed by atoms with Crippen LogP contribution >= 0.6 is 22.7 Å². The fourth-order valence-electron chi connectivity index (χ4n) is 3.63. The predicted octanol–water partition coefficient (Wildman–Crippen LogP) is 4.08. The van der Waals surface area contributed by atoms with E-state index in [1.165, 1.54) is 66.6 Å². The Balaban J connectivity index is 1.92. The van der Waals surface area contributed by atoms with Gasteiger partial charge in [-0.25, -0.2) is 19.2 Å². The molecule has 2 N–H and O–H groups in total. The van der Waals surface area contributed by atoms with E-state index in [4.69, 9.17) is 18.9 Å². The van der Waals surface area contributed by atoms with E-state index in [1.807, 2.05) is 0 Å². The fourth-order valence-corrected chi connectivity index (χ4v) is 5.84. The van der Waals surface area contributed by atoms with Gasteiger partial charge >= 0.3 is 23.9 Å². The summed E-state index contributed by atoms with van der Waals surface area (Å²) in [6.07, 6.45) is 0. The Bertz CT molecular complexity index is 1430. The van der Waals surface area contributed by atoms with Crippen LogP contribution in [0.15, 0.2) is 24.3 Å².